The predicted octanol–water partition coefficient (Wildman–Crippen LogP) is 1.96. The van der Waals surface area contributed by atoms with Gasteiger partial charge in [-0.1, -0.05) is 12.2 Å². The van der Waals surface area contributed by atoms with Crippen LogP contribution in [0.3, 0.4) is 0 Å². The van der Waals surface area contributed by atoms with Gasteiger partial charge in [0.25, 0.3) is 0 Å². The van der Waals surface area contributed by atoms with Crippen LogP contribution in [0.1, 0.15) is 0 Å². The summed E-state index contributed by atoms with van der Waals surface area (Å²) in [6.45, 7) is 4.35. The Morgan fingerprint density at radius 3 is 2.83 bits per heavy atom. The van der Waals surface area contributed by atoms with E-state index in [2.05, 4.69) is 26.2 Å². The highest BCUT2D eigenvalue weighted by molar-refractivity contribution is 6.10. The fourth-order valence-corrected chi connectivity index (χ4v) is 3.06. The van der Waals surface area contributed by atoms with Crippen LogP contribution in [0.25, 0.3) is 0 Å². The van der Waals surface area contributed by atoms with Crippen molar-refractivity contribution in [1.82, 2.24) is 15.2 Å². The largest absolute Gasteiger partial charge is 0.393 e. The first-order valence-electron chi connectivity index (χ1n) is 8.10. The van der Waals surface area contributed by atoms with Gasteiger partial charge in [0.05, 0.1) is 5.71 Å². The Morgan fingerprint density at radius 1 is 1.33 bits per heavy atom. The summed E-state index contributed by atoms with van der Waals surface area (Å²) in [5.74, 6) is -0.436. The molecule has 0 unspecified atom stereocenters. The van der Waals surface area contributed by atoms with Crippen LogP contribution in [-0.2, 0) is 0 Å². The number of rotatable bonds is 4. The molecule has 1 aromatic rings. The van der Waals surface area contributed by atoms with Crippen molar-refractivity contribution in [3.63, 3.8) is 0 Å². The second kappa shape index (κ2) is 7.40. The number of allylic oxidation sites excluding steroid dienone is 3. The molecule has 1 aliphatic heterocycles. The number of nitrogens with zero attached hydrogens (tertiary/aromatic N) is 3. The fourth-order valence-electron chi connectivity index (χ4n) is 3.06. The number of hydrogen-bond acceptors (Lipinski definition) is 5. The van der Waals surface area contributed by atoms with Gasteiger partial charge in [-0.05, 0) is 17.7 Å². The first-order chi connectivity index (χ1) is 11.7. The van der Waals surface area contributed by atoms with Crippen LogP contribution in [0.15, 0.2) is 53.9 Å². The quantitative estimate of drug-likeness (QED) is 0.830. The van der Waals surface area contributed by atoms with Crippen LogP contribution < -0.4 is 10.2 Å². The summed E-state index contributed by atoms with van der Waals surface area (Å²) < 4.78 is 13.3. The second-order valence-electron chi connectivity index (χ2n) is 5.91. The van der Waals surface area contributed by atoms with Crippen LogP contribution in [0.5, 0.6) is 0 Å². The molecule has 2 aliphatic rings. The van der Waals surface area contributed by atoms with Gasteiger partial charge in [-0.2, -0.15) is 4.39 Å². The van der Waals surface area contributed by atoms with Crippen LogP contribution in [0.4, 0.5) is 10.1 Å². The van der Waals surface area contributed by atoms with E-state index in [1.165, 1.54) is 12.3 Å². The van der Waals surface area contributed by atoms with Gasteiger partial charge in [-0.25, -0.2) is 4.98 Å². The number of hydrogen-bond donors (Lipinski definition) is 2. The Morgan fingerprint density at radius 2 is 2.12 bits per heavy atom. The molecule has 2 heterocycles. The number of halogens is 1. The molecular weight excluding hydrogens is 305 g/mol. The van der Waals surface area contributed by atoms with E-state index in [1.807, 2.05) is 31.5 Å². The minimum atomic E-state index is -0.436. The van der Waals surface area contributed by atoms with Crippen LogP contribution >= 0.6 is 0 Å². The second-order valence-corrected chi connectivity index (χ2v) is 5.91. The highest BCUT2D eigenvalue weighted by Gasteiger charge is 2.21. The molecule has 1 fully saturated rings. The van der Waals surface area contributed by atoms with Crippen molar-refractivity contribution in [1.29, 1.82) is 5.41 Å². The predicted molar refractivity (Wildman–Crippen MR) is 94.9 cm³/mol. The average Bonchev–Trinajstić information content (AvgIpc) is 2.59. The van der Waals surface area contributed by atoms with E-state index in [-0.39, 0.29) is 0 Å². The van der Waals surface area contributed by atoms with Gasteiger partial charge in [0.1, 0.15) is 0 Å². The van der Waals surface area contributed by atoms with Gasteiger partial charge in [0, 0.05) is 69.5 Å². The Bertz CT molecular complexity index is 699. The smallest absolute Gasteiger partial charge is 0.214 e. The maximum absolute atomic E-state index is 13.3. The highest BCUT2D eigenvalue weighted by atomic mass is 19.1. The molecule has 1 aromatic heterocycles. The molecule has 126 valence electrons. The molecule has 1 aliphatic carbocycles. The molecule has 0 radical (unpaired) electrons. The minimum absolute atomic E-state index is 0.436. The summed E-state index contributed by atoms with van der Waals surface area (Å²) >= 11 is 0. The lowest BCUT2D eigenvalue weighted by Crippen LogP contribution is -2.47. The molecule has 2 N–H and O–H groups in total. The number of anilines is 1. The van der Waals surface area contributed by atoms with Crippen molar-refractivity contribution >= 4 is 11.4 Å². The molecule has 0 atom stereocenters. The van der Waals surface area contributed by atoms with Gasteiger partial charge >= 0.3 is 0 Å². The van der Waals surface area contributed by atoms with E-state index in [1.54, 1.807) is 0 Å². The SMILES string of the molecule is CN/C=C1\C(=N)C=CC=C1CN1CCN(c2ccnc(F)c2)CC1. The number of piperazine rings is 1. The van der Waals surface area contributed by atoms with Crippen molar-refractivity contribution in [3.8, 4) is 0 Å². The molecule has 0 saturated carbocycles. The summed E-state index contributed by atoms with van der Waals surface area (Å²) in [6.07, 6.45) is 9.21. The van der Waals surface area contributed by atoms with Crippen molar-refractivity contribution in [2.45, 2.75) is 0 Å². The van der Waals surface area contributed by atoms with Gasteiger partial charge in [-0.3, -0.25) is 4.90 Å². The Balaban J connectivity index is 1.61. The van der Waals surface area contributed by atoms with Crippen molar-refractivity contribution in [2.75, 3.05) is 44.7 Å². The molecule has 0 amide bonds. The average molecular weight is 327 g/mol. The third kappa shape index (κ3) is 3.71. The molecule has 1 saturated heterocycles. The van der Waals surface area contributed by atoms with Gasteiger partial charge < -0.3 is 15.6 Å². The Kier molecular flexibility index (Phi) is 5.05. The van der Waals surface area contributed by atoms with Gasteiger partial charge in [0.15, 0.2) is 0 Å². The molecule has 0 aromatic carbocycles. The molecule has 24 heavy (non-hydrogen) atoms. The third-order valence-electron chi connectivity index (χ3n) is 4.33. The standard InChI is InChI=1S/C18H22FN5/c1-21-12-16-14(3-2-4-17(16)20)13-23-7-9-24(10-8-23)15-5-6-22-18(19)11-15/h2-6,11-12,20-21H,7-10,13H2,1H3/b16-12-,20-17?. The monoisotopic (exact) mass is 327 g/mol. The summed E-state index contributed by atoms with van der Waals surface area (Å²) in [5, 5.41) is 11.1. The van der Waals surface area contributed by atoms with Crippen LogP contribution in [0.2, 0.25) is 0 Å². The molecule has 0 spiro atoms. The fraction of sp³-hybridized carbons (Fsp3) is 0.333. The zero-order valence-electron chi connectivity index (χ0n) is 13.8. The first-order valence-corrected chi connectivity index (χ1v) is 8.10. The summed E-state index contributed by atoms with van der Waals surface area (Å²) in [4.78, 5) is 8.16. The summed E-state index contributed by atoms with van der Waals surface area (Å²) in [5.41, 5.74) is 3.52. The molecule has 0 bridgehead atoms. The van der Waals surface area contributed by atoms with Gasteiger partial charge in [-0.15, -0.1) is 0 Å². The lowest BCUT2D eigenvalue weighted by Gasteiger charge is -2.36. The van der Waals surface area contributed by atoms with Crippen molar-refractivity contribution in [2.24, 2.45) is 0 Å². The third-order valence-corrected chi connectivity index (χ3v) is 4.33. The number of pyridine rings is 1. The highest BCUT2D eigenvalue weighted by Crippen LogP contribution is 2.20. The van der Waals surface area contributed by atoms with Gasteiger partial charge in [0.2, 0.25) is 5.95 Å². The maximum Gasteiger partial charge on any atom is 0.214 e. The number of nitrogens with one attached hydrogen (secondary N) is 2. The summed E-state index contributed by atoms with van der Waals surface area (Å²) in [7, 11) is 1.85. The van der Waals surface area contributed by atoms with E-state index in [0.717, 1.165) is 49.6 Å². The Labute approximate surface area is 141 Å². The number of aromatic nitrogens is 1. The zero-order chi connectivity index (χ0) is 16.9. The summed E-state index contributed by atoms with van der Waals surface area (Å²) in [6, 6.07) is 3.33. The maximum atomic E-state index is 13.3. The molecule has 5 nitrogen and oxygen atoms in total. The zero-order valence-corrected chi connectivity index (χ0v) is 13.8. The first kappa shape index (κ1) is 16.4. The lowest BCUT2D eigenvalue weighted by atomic mass is 9.96. The molecule has 6 heteroatoms. The molecule has 3 rings (SSSR count). The van der Waals surface area contributed by atoms with E-state index in [0.29, 0.717) is 5.71 Å². The van der Waals surface area contributed by atoms with E-state index >= 15 is 0 Å². The normalized spacial score (nSPS) is 20.4. The van der Waals surface area contributed by atoms with Crippen LogP contribution in [0, 0.1) is 11.4 Å². The minimum Gasteiger partial charge on any atom is -0.393 e. The van der Waals surface area contributed by atoms with E-state index in [9.17, 15) is 4.39 Å². The van der Waals surface area contributed by atoms with E-state index < -0.39 is 5.95 Å². The Hall–Kier alpha value is -2.47. The van der Waals surface area contributed by atoms with Crippen molar-refractivity contribution in [3.05, 3.63) is 59.9 Å². The van der Waals surface area contributed by atoms with Crippen LogP contribution in [-0.4, -0.2) is 55.4 Å². The topological polar surface area (TPSA) is 55.3 Å². The van der Waals surface area contributed by atoms with E-state index in [4.69, 9.17) is 5.41 Å². The molecular formula is C18H22FN5. The van der Waals surface area contributed by atoms with Crippen molar-refractivity contribution < 1.29 is 4.39 Å². The lowest BCUT2D eigenvalue weighted by molar-refractivity contribution is 0.279.